The Kier molecular flexibility index (Phi) is 4.86. The number of carboxylic acid groups (broad SMARTS) is 1. The van der Waals surface area contributed by atoms with Crippen LogP contribution in [-0.4, -0.2) is 34.1 Å². The van der Waals surface area contributed by atoms with Crippen LogP contribution in [-0.2, 0) is 4.79 Å². The van der Waals surface area contributed by atoms with Crippen molar-refractivity contribution in [1.82, 2.24) is 9.97 Å². The summed E-state index contributed by atoms with van der Waals surface area (Å²) in [5.74, 6) is 1.05. The Morgan fingerprint density at radius 1 is 1.42 bits per heavy atom. The van der Waals surface area contributed by atoms with Gasteiger partial charge >= 0.3 is 5.97 Å². The molecule has 0 aliphatic carbocycles. The van der Waals surface area contributed by atoms with Gasteiger partial charge < -0.3 is 15.7 Å². The van der Waals surface area contributed by atoms with Crippen LogP contribution in [0.2, 0.25) is 0 Å². The number of aliphatic carboxylic acids is 1. The molecule has 0 saturated carbocycles. The standard InChI is InChI=1S/C13H20N4O2/c1-5-6-14-10-7-11(17-9(2)16-10)15-8-13(3,4)12(18)19/h5,7H,1,6,8H2,2-4H3,(H,18,19)(H2,14,15,16,17). The van der Waals surface area contributed by atoms with Crippen LogP contribution in [0.15, 0.2) is 18.7 Å². The normalized spacial score (nSPS) is 10.9. The van der Waals surface area contributed by atoms with Crippen molar-refractivity contribution < 1.29 is 9.90 Å². The molecule has 0 radical (unpaired) electrons. The lowest BCUT2D eigenvalue weighted by Crippen LogP contribution is -2.32. The van der Waals surface area contributed by atoms with E-state index in [0.717, 1.165) is 0 Å². The first-order valence-electron chi connectivity index (χ1n) is 6.03. The number of hydrogen-bond acceptors (Lipinski definition) is 5. The topological polar surface area (TPSA) is 87.1 Å². The van der Waals surface area contributed by atoms with Crippen molar-refractivity contribution in [2.45, 2.75) is 20.8 Å². The molecule has 0 aromatic carbocycles. The Bertz CT molecular complexity index is 472. The number of rotatable bonds is 7. The van der Waals surface area contributed by atoms with Gasteiger partial charge in [-0.15, -0.1) is 6.58 Å². The highest BCUT2D eigenvalue weighted by atomic mass is 16.4. The number of nitrogens with one attached hydrogen (secondary N) is 2. The lowest BCUT2D eigenvalue weighted by molar-refractivity contribution is -0.146. The fourth-order valence-corrected chi connectivity index (χ4v) is 1.31. The van der Waals surface area contributed by atoms with E-state index in [4.69, 9.17) is 5.11 Å². The van der Waals surface area contributed by atoms with Crippen molar-refractivity contribution in [1.29, 1.82) is 0 Å². The number of nitrogens with zero attached hydrogens (tertiary/aromatic N) is 2. The SMILES string of the molecule is C=CCNc1cc(NCC(C)(C)C(=O)O)nc(C)n1. The first-order valence-corrected chi connectivity index (χ1v) is 6.03. The van der Waals surface area contributed by atoms with E-state index < -0.39 is 11.4 Å². The molecule has 6 nitrogen and oxygen atoms in total. The maximum Gasteiger partial charge on any atom is 0.310 e. The van der Waals surface area contributed by atoms with Gasteiger partial charge in [-0.2, -0.15) is 0 Å². The molecule has 0 saturated heterocycles. The molecule has 1 heterocycles. The van der Waals surface area contributed by atoms with Gasteiger partial charge in [-0.1, -0.05) is 6.08 Å². The number of hydrogen-bond donors (Lipinski definition) is 3. The zero-order valence-electron chi connectivity index (χ0n) is 11.5. The third kappa shape index (κ3) is 4.57. The summed E-state index contributed by atoms with van der Waals surface area (Å²) in [5.41, 5.74) is -0.854. The average molecular weight is 264 g/mol. The fraction of sp³-hybridized carbons (Fsp3) is 0.462. The van der Waals surface area contributed by atoms with Crippen molar-refractivity contribution in [2.75, 3.05) is 23.7 Å². The molecular weight excluding hydrogens is 244 g/mol. The second-order valence-electron chi connectivity index (χ2n) is 4.90. The maximum atomic E-state index is 11.0. The number of carbonyl (C=O) groups is 1. The number of anilines is 2. The number of carboxylic acids is 1. The van der Waals surface area contributed by atoms with Crippen molar-refractivity contribution >= 4 is 17.6 Å². The fourth-order valence-electron chi connectivity index (χ4n) is 1.31. The summed E-state index contributed by atoms with van der Waals surface area (Å²) >= 11 is 0. The first-order chi connectivity index (χ1) is 8.85. The quantitative estimate of drug-likeness (QED) is 0.652. The van der Waals surface area contributed by atoms with Gasteiger partial charge in [0.05, 0.1) is 5.41 Å². The highest BCUT2D eigenvalue weighted by molar-refractivity contribution is 5.74. The highest BCUT2D eigenvalue weighted by Crippen LogP contribution is 2.17. The van der Waals surface area contributed by atoms with Crippen molar-refractivity contribution in [2.24, 2.45) is 5.41 Å². The van der Waals surface area contributed by atoms with E-state index in [1.54, 1.807) is 32.9 Å². The zero-order chi connectivity index (χ0) is 14.5. The van der Waals surface area contributed by atoms with Crippen LogP contribution < -0.4 is 10.6 Å². The third-order valence-corrected chi connectivity index (χ3v) is 2.56. The molecule has 0 unspecified atom stereocenters. The predicted molar refractivity (Wildman–Crippen MR) is 75.4 cm³/mol. The molecule has 0 amide bonds. The Morgan fingerprint density at radius 2 is 2.00 bits per heavy atom. The first kappa shape index (κ1) is 14.9. The number of aryl methyl sites for hydroxylation is 1. The van der Waals surface area contributed by atoms with E-state index in [2.05, 4.69) is 27.2 Å². The second-order valence-corrected chi connectivity index (χ2v) is 4.90. The van der Waals surface area contributed by atoms with Gasteiger partial charge in [0, 0.05) is 19.2 Å². The minimum absolute atomic E-state index is 0.291. The largest absolute Gasteiger partial charge is 0.481 e. The smallest absolute Gasteiger partial charge is 0.310 e. The van der Waals surface area contributed by atoms with E-state index in [0.29, 0.717) is 30.5 Å². The van der Waals surface area contributed by atoms with E-state index in [9.17, 15) is 4.79 Å². The van der Waals surface area contributed by atoms with Crippen LogP contribution >= 0.6 is 0 Å². The molecule has 1 rings (SSSR count). The molecule has 0 aliphatic rings. The Labute approximate surface area is 113 Å². The van der Waals surface area contributed by atoms with E-state index in [1.165, 1.54) is 0 Å². The van der Waals surface area contributed by atoms with E-state index in [-0.39, 0.29) is 0 Å². The van der Waals surface area contributed by atoms with Crippen molar-refractivity contribution in [3.05, 3.63) is 24.5 Å². The zero-order valence-corrected chi connectivity index (χ0v) is 11.5. The van der Waals surface area contributed by atoms with Crippen LogP contribution in [0.25, 0.3) is 0 Å². The van der Waals surface area contributed by atoms with Gasteiger partial charge in [0.1, 0.15) is 17.5 Å². The Hall–Kier alpha value is -2.11. The second kappa shape index (κ2) is 6.17. The van der Waals surface area contributed by atoms with Crippen LogP contribution in [0.4, 0.5) is 11.6 Å². The van der Waals surface area contributed by atoms with Crippen molar-refractivity contribution in [3.63, 3.8) is 0 Å². The molecule has 104 valence electrons. The van der Waals surface area contributed by atoms with Crippen LogP contribution in [0.3, 0.4) is 0 Å². The molecule has 0 atom stereocenters. The Morgan fingerprint density at radius 3 is 2.53 bits per heavy atom. The molecule has 19 heavy (non-hydrogen) atoms. The molecule has 3 N–H and O–H groups in total. The molecule has 1 aromatic rings. The van der Waals surface area contributed by atoms with Gasteiger partial charge in [0.15, 0.2) is 0 Å². The summed E-state index contributed by atoms with van der Waals surface area (Å²) in [6.07, 6.45) is 1.73. The summed E-state index contributed by atoms with van der Waals surface area (Å²) in [5, 5.41) is 15.1. The monoisotopic (exact) mass is 264 g/mol. The summed E-state index contributed by atoms with van der Waals surface area (Å²) < 4.78 is 0. The predicted octanol–water partition coefficient (Wildman–Crippen LogP) is 1.91. The van der Waals surface area contributed by atoms with Gasteiger partial charge in [0.25, 0.3) is 0 Å². The van der Waals surface area contributed by atoms with E-state index >= 15 is 0 Å². The van der Waals surface area contributed by atoms with Crippen molar-refractivity contribution in [3.8, 4) is 0 Å². The van der Waals surface area contributed by atoms with Crippen LogP contribution in [0, 0.1) is 12.3 Å². The Balaban J connectivity index is 2.75. The molecule has 0 spiro atoms. The lowest BCUT2D eigenvalue weighted by Gasteiger charge is -2.20. The maximum absolute atomic E-state index is 11.0. The van der Waals surface area contributed by atoms with Gasteiger partial charge in [-0.05, 0) is 20.8 Å². The van der Waals surface area contributed by atoms with Gasteiger partial charge in [-0.25, -0.2) is 9.97 Å². The van der Waals surface area contributed by atoms with E-state index in [1.807, 2.05) is 0 Å². The minimum Gasteiger partial charge on any atom is -0.481 e. The minimum atomic E-state index is -0.854. The third-order valence-electron chi connectivity index (χ3n) is 2.56. The number of aromatic nitrogens is 2. The average Bonchev–Trinajstić information content (AvgIpc) is 2.33. The van der Waals surface area contributed by atoms with Crippen LogP contribution in [0.1, 0.15) is 19.7 Å². The highest BCUT2D eigenvalue weighted by Gasteiger charge is 2.26. The summed E-state index contributed by atoms with van der Waals surface area (Å²) in [6, 6.07) is 1.74. The summed E-state index contributed by atoms with van der Waals surface area (Å²) in [7, 11) is 0. The lowest BCUT2D eigenvalue weighted by atomic mass is 9.94. The summed E-state index contributed by atoms with van der Waals surface area (Å²) in [4.78, 5) is 19.5. The molecule has 0 aliphatic heterocycles. The van der Waals surface area contributed by atoms with Crippen LogP contribution in [0.5, 0.6) is 0 Å². The van der Waals surface area contributed by atoms with Gasteiger partial charge in [-0.3, -0.25) is 4.79 Å². The molecule has 6 heteroatoms. The molecule has 1 aromatic heterocycles. The summed E-state index contributed by atoms with van der Waals surface area (Å²) in [6.45, 7) is 9.63. The molecular formula is C13H20N4O2. The van der Waals surface area contributed by atoms with Gasteiger partial charge in [0.2, 0.25) is 0 Å². The molecule has 0 fully saturated rings. The molecule has 0 bridgehead atoms.